The van der Waals surface area contributed by atoms with Crippen molar-refractivity contribution in [3.63, 3.8) is 0 Å². The Hall–Kier alpha value is -11.9. The topological polar surface area (TPSA) is 629 Å². The van der Waals surface area contributed by atoms with Crippen molar-refractivity contribution in [2.75, 3.05) is 23.8 Å². The maximum absolute atomic E-state index is 13.4. The van der Waals surface area contributed by atoms with E-state index in [0.29, 0.717) is 47.1 Å². The van der Waals surface area contributed by atoms with Crippen molar-refractivity contribution in [3.05, 3.63) is 219 Å². The zero-order chi connectivity index (χ0) is 88.9. The Morgan fingerprint density at radius 2 is 0.886 bits per heavy atom. The first-order chi connectivity index (χ1) is 56.6. The zero-order valence-corrected chi connectivity index (χ0v) is 74.0. The van der Waals surface area contributed by atoms with Crippen LogP contribution in [0, 0.1) is 33.6 Å². The van der Waals surface area contributed by atoms with Gasteiger partial charge in [-0.3, -0.25) is 28.5 Å². The van der Waals surface area contributed by atoms with Gasteiger partial charge in [0.1, 0.15) is 109 Å². The van der Waals surface area contributed by atoms with Gasteiger partial charge in [0.25, 0.3) is 20.2 Å². The van der Waals surface area contributed by atoms with Gasteiger partial charge in [0.05, 0.1) is 38.0 Å². The summed E-state index contributed by atoms with van der Waals surface area (Å²) in [7, 11) is -18.2. The predicted octanol–water partition coefficient (Wildman–Crippen LogP) is 5.89. The number of aliphatic imine (C=N–C) groups is 2. The molecule has 0 radical (unpaired) electrons. The Bertz CT molecular complexity index is 7250. The van der Waals surface area contributed by atoms with Crippen LogP contribution >= 0.6 is 0 Å². The van der Waals surface area contributed by atoms with Crippen molar-refractivity contribution in [3.8, 4) is 57.1 Å². The summed E-state index contributed by atoms with van der Waals surface area (Å²) in [6.45, 7) is 10.5. The minimum Gasteiger partial charge on any atom is -0.744 e. The molecule has 2 heterocycles. The summed E-state index contributed by atoms with van der Waals surface area (Å²) in [4.78, 5) is 43.0. The Balaban J connectivity index is 0.000000181. The van der Waals surface area contributed by atoms with Gasteiger partial charge in [0, 0.05) is 91.2 Å². The van der Waals surface area contributed by atoms with Crippen molar-refractivity contribution in [2.45, 2.75) is 80.0 Å². The molecular formula is C84H76N8Na2O25S4. The fraction of sp³-hybridized carbons (Fsp3) is 0.131. The van der Waals surface area contributed by atoms with Crippen LogP contribution in [0.15, 0.2) is 218 Å². The molecule has 13 aromatic carbocycles. The van der Waals surface area contributed by atoms with Gasteiger partial charge in [-0.25, -0.2) is 16.8 Å². The van der Waals surface area contributed by atoms with Crippen molar-refractivity contribution < 1.29 is 165 Å². The van der Waals surface area contributed by atoms with Crippen LogP contribution in [0.1, 0.15) is 48.5 Å². The van der Waals surface area contributed by atoms with Crippen LogP contribution in [0.25, 0.3) is 108 Å². The monoisotopic (exact) mass is 1770 g/mol. The number of benzene rings is 13. The summed E-state index contributed by atoms with van der Waals surface area (Å²) in [5.41, 5.74) is 27.8. The summed E-state index contributed by atoms with van der Waals surface area (Å²) >= 11 is 0. The molecule has 0 amide bonds. The average molecular weight is 1770 g/mol. The van der Waals surface area contributed by atoms with Gasteiger partial charge in [-0.2, -0.15) is 21.8 Å². The molecule has 123 heavy (non-hydrogen) atoms. The summed E-state index contributed by atoms with van der Waals surface area (Å²) in [5, 5.41) is 92.7. The Kier molecular flexibility index (Phi) is 28.6. The van der Waals surface area contributed by atoms with E-state index in [1.54, 1.807) is 34.7 Å². The molecular weight excluding hydrogens is 1700 g/mol. The van der Waals surface area contributed by atoms with Crippen molar-refractivity contribution in [2.24, 2.45) is 33.1 Å². The number of phenolic OH excluding ortho intramolecular Hbond substituents is 6. The second-order valence-corrected chi connectivity index (χ2v) is 33.6. The van der Waals surface area contributed by atoms with Crippen LogP contribution in [0.5, 0.6) is 46.0 Å². The van der Waals surface area contributed by atoms with Gasteiger partial charge in [-0.15, -0.1) is 0 Å². The number of fused-ring (bicyclic) bond motifs is 10. The van der Waals surface area contributed by atoms with Crippen LogP contribution in [-0.2, 0) is 51.7 Å². The first kappa shape index (κ1) is 95.0. The van der Waals surface area contributed by atoms with E-state index < -0.39 is 117 Å². The molecule has 0 aliphatic heterocycles. The predicted molar refractivity (Wildman–Crippen MR) is 458 cm³/mol. The fourth-order valence-electron chi connectivity index (χ4n) is 13.8. The SMILES string of the molecule is CC(C)CC(N)C(=O)Cc1ccc2ccccc2c1.CN=C(N)N=C(N)Nc1cc2ccccc2c2ccccc12.Cc1oc2cc3c(-c4c(=O)cc(O)c5c(O)c6c(O)c(C)c(C)oc6cc45)c(=O)cc(O)c3c(O)c2c(O)c1C.Nc1c(S(=O)(=O)O)cc(S(=O)(=O)O)c2cccc(O)c12.Nc1c(S(=O)(=O)[O-])cc(S(=O)(=O)[O-])c2cccc(O)c12.[Na+].[Na+]. The van der Waals surface area contributed by atoms with Gasteiger partial charge in [0.2, 0.25) is 11.9 Å². The minimum absolute atomic E-state index is 0. The minimum atomic E-state index is -5.11. The van der Waals surface area contributed by atoms with E-state index >= 15 is 0 Å². The van der Waals surface area contributed by atoms with E-state index in [9.17, 15) is 98.0 Å². The van der Waals surface area contributed by atoms with Crippen molar-refractivity contribution >= 4 is 173 Å². The number of phenols is 6. The number of anilines is 3. The van der Waals surface area contributed by atoms with Gasteiger partial charge in [-0.1, -0.05) is 129 Å². The van der Waals surface area contributed by atoms with Crippen molar-refractivity contribution in [1.29, 1.82) is 0 Å². The number of nitrogens with one attached hydrogen (secondary N) is 1. The molecule has 0 saturated heterocycles. The second kappa shape index (κ2) is 37.0. The van der Waals surface area contributed by atoms with E-state index in [0.717, 1.165) is 64.2 Å². The molecule has 628 valence electrons. The molecule has 0 aliphatic rings. The number of hydrogen-bond acceptors (Lipinski definition) is 27. The first-order valence-electron chi connectivity index (χ1n) is 35.9. The molecule has 15 rings (SSSR count). The fourth-order valence-corrected chi connectivity index (χ4v) is 16.7. The molecule has 21 N–H and O–H groups in total. The molecule has 1 unspecified atom stereocenters. The molecule has 1 atom stereocenters. The number of nitrogen functional groups attached to an aromatic ring is 2. The Labute approximate surface area is 744 Å². The molecule has 2 aromatic heterocycles. The standard InChI is InChI=1S/C30H22O10.C17H17N5.C17H21NO.2C10H9NO7S2.2Na/c1-9-11(3)39-19-5-13-21(15(31)7-17(33)23(13)29(37)25(19)27(9)35)22-14-6-20-26(28(36)10(2)12(4)40-20)30(38)24(14)18(34)8-16(22)32;1-20-16(18)22-17(19)21-15-10-11-6-2-3-7-12(11)13-8-4-5-9-14(13)15;1-12(2)9-16(18)17(19)11-13-7-8-14-5-3-4-6-15(14)10-13;2*11-10-8(20(16,17)18)4-7(19(13,14)15)5-2-1-3-6(12)9(5)10;;/h5-8,33-38H,1-4H3;2-10H,1H3,(H5,18,19,20,21,22);3-8,10,12,16H,9,11,18H2,1-2H3;2*1-4,12H,11H2,(H,13,14,15)(H,16,17,18);;/q;;;;;2*+1/p-2. The number of hydrogen-bond donors (Lipinski definition) is 16. The summed E-state index contributed by atoms with van der Waals surface area (Å²) in [5.74, 6) is -2.38. The summed E-state index contributed by atoms with van der Waals surface area (Å²) < 4.78 is 141. The number of nitrogens with two attached hydrogens (primary N) is 5. The molecule has 0 bridgehead atoms. The maximum Gasteiger partial charge on any atom is 1.00 e. The van der Waals surface area contributed by atoms with Crippen LogP contribution in [0.4, 0.5) is 17.1 Å². The van der Waals surface area contributed by atoms with E-state index in [-0.39, 0.29) is 171 Å². The third-order valence-corrected chi connectivity index (χ3v) is 23.3. The normalized spacial score (nSPS) is 12.2. The molecule has 0 spiro atoms. The van der Waals surface area contributed by atoms with Crippen LogP contribution in [0.2, 0.25) is 0 Å². The number of aromatic hydroxyl groups is 8. The molecule has 0 fully saturated rings. The largest absolute Gasteiger partial charge is 1.00 e. The number of Topliss-reactive ketones (excluding diaryl/α,β-unsaturated/α-hetero) is 1. The molecule has 33 nitrogen and oxygen atoms in total. The summed E-state index contributed by atoms with van der Waals surface area (Å²) in [6, 6.07) is 44.8. The van der Waals surface area contributed by atoms with Crippen LogP contribution in [0.3, 0.4) is 0 Å². The van der Waals surface area contributed by atoms with E-state index in [4.69, 9.17) is 46.6 Å². The van der Waals surface area contributed by atoms with Gasteiger partial charge in [-0.05, 0) is 115 Å². The molecule has 0 saturated carbocycles. The summed E-state index contributed by atoms with van der Waals surface area (Å²) in [6.07, 6.45) is 1.19. The van der Waals surface area contributed by atoms with E-state index in [2.05, 4.69) is 83.7 Å². The maximum atomic E-state index is 13.4. The number of carbonyl (C=O) groups is 1. The molecule has 15 aromatic rings. The number of guanidine groups is 2. The van der Waals surface area contributed by atoms with Crippen LogP contribution < -0.4 is 104 Å². The Morgan fingerprint density at radius 3 is 1.35 bits per heavy atom. The number of nitrogens with zero attached hydrogens (tertiary/aromatic N) is 2. The second-order valence-electron chi connectivity index (χ2n) is 28.1. The number of ketones is 1. The molecule has 0 aliphatic carbocycles. The van der Waals surface area contributed by atoms with Gasteiger partial charge < -0.3 is 92.8 Å². The van der Waals surface area contributed by atoms with E-state index in [1.807, 2.05) is 42.5 Å². The third-order valence-electron chi connectivity index (χ3n) is 19.8. The van der Waals surface area contributed by atoms with Crippen molar-refractivity contribution in [1.82, 2.24) is 0 Å². The number of rotatable bonds is 11. The van der Waals surface area contributed by atoms with Gasteiger partial charge >= 0.3 is 59.1 Å². The van der Waals surface area contributed by atoms with Crippen LogP contribution in [-0.4, -0.2) is 124 Å². The zero-order valence-electron chi connectivity index (χ0n) is 66.7. The quantitative estimate of drug-likeness (QED) is 0.0136. The Morgan fingerprint density at radius 1 is 0.463 bits per heavy atom. The average Bonchev–Trinajstić information content (AvgIpc) is 0.709. The van der Waals surface area contributed by atoms with E-state index in [1.165, 1.54) is 46.5 Å². The van der Waals surface area contributed by atoms with Gasteiger partial charge in [0.15, 0.2) is 16.6 Å². The third kappa shape index (κ3) is 19.6. The number of carbonyl (C=O) groups excluding carboxylic acids is 1. The number of aryl methyl sites for hydroxylation is 2. The smallest absolute Gasteiger partial charge is 0.744 e. The first-order valence-corrected chi connectivity index (χ1v) is 41.6. The molecule has 39 heteroatoms.